The fourth-order valence-electron chi connectivity index (χ4n) is 2.69. The van der Waals surface area contributed by atoms with Crippen LogP contribution in [0.25, 0.3) is 0 Å². The summed E-state index contributed by atoms with van der Waals surface area (Å²) in [7, 11) is 0. The number of amides is 1. The Labute approximate surface area is 118 Å². The molecule has 1 aromatic carbocycles. The lowest BCUT2D eigenvalue weighted by Crippen LogP contribution is -2.43. The van der Waals surface area contributed by atoms with Crippen molar-refractivity contribution in [1.82, 2.24) is 5.32 Å². The molecule has 20 heavy (non-hydrogen) atoms. The van der Waals surface area contributed by atoms with Crippen LogP contribution < -0.4 is 10.1 Å². The van der Waals surface area contributed by atoms with E-state index in [0.717, 1.165) is 17.7 Å². The summed E-state index contributed by atoms with van der Waals surface area (Å²) in [6.45, 7) is 4.22. The summed E-state index contributed by atoms with van der Waals surface area (Å²) in [5, 5.41) is 2.99. The first-order valence-corrected chi connectivity index (χ1v) is 7.04. The minimum absolute atomic E-state index is 0.0679. The number of carbonyl (C=O) groups excluding carboxylic acids is 1. The molecule has 108 valence electrons. The molecule has 0 spiro atoms. The largest absolute Gasteiger partial charge is 0.492 e. The molecule has 1 N–H and O–H groups in total. The summed E-state index contributed by atoms with van der Waals surface area (Å²) in [5.74, 6) is 0.598. The van der Waals surface area contributed by atoms with Crippen molar-refractivity contribution in [2.45, 2.75) is 25.5 Å². The molecule has 5 heteroatoms. The molecule has 2 heterocycles. The summed E-state index contributed by atoms with van der Waals surface area (Å²) >= 11 is 0. The quantitative estimate of drug-likeness (QED) is 0.897. The fourth-order valence-corrected chi connectivity index (χ4v) is 2.69. The van der Waals surface area contributed by atoms with E-state index < -0.39 is 0 Å². The van der Waals surface area contributed by atoms with Gasteiger partial charge in [0.15, 0.2) is 0 Å². The van der Waals surface area contributed by atoms with Gasteiger partial charge in [0.05, 0.1) is 31.4 Å². The number of hydrogen-bond donors (Lipinski definition) is 1. The molecular weight excluding hydrogens is 258 g/mol. The van der Waals surface area contributed by atoms with Gasteiger partial charge in [0, 0.05) is 13.0 Å². The predicted octanol–water partition coefficient (Wildman–Crippen LogP) is 1.16. The Morgan fingerprint density at radius 3 is 3.20 bits per heavy atom. The first-order valence-electron chi connectivity index (χ1n) is 7.04. The Morgan fingerprint density at radius 2 is 2.35 bits per heavy atom. The van der Waals surface area contributed by atoms with Crippen LogP contribution in [0, 0.1) is 0 Å². The summed E-state index contributed by atoms with van der Waals surface area (Å²) in [5.41, 5.74) is 1.70. The van der Waals surface area contributed by atoms with Crippen molar-refractivity contribution in [3.63, 3.8) is 0 Å². The number of hydrogen-bond acceptors (Lipinski definition) is 4. The molecule has 5 nitrogen and oxygen atoms in total. The highest BCUT2D eigenvalue weighted by atomic mass is 16.5. The van der Waals surface area contributed by atoms with E-state index in [9.17, 15) is 4.79 Å². The van der Waals surface area contributed by atoms with E-state index in [0.29, 0.717) is 32.0 Å². The molecule has 0 saturated carbocycles. The third-order valence-corrected chi connectivity index (χ3v) is 3.68. The monoisotopic (exact) mass is 277 g/mol. The van der Waals surface area contributed by atoms with Crippen molar-refractivity contribution in [3.8, 4) is 5.75 Å². The van der Waals surface area contributed by atoms with E-state index in [1.54, 1.807) is 6.07 Å². The molecule has 2 atom stereocenters. The lowest BCUT2D eigenvalue weighted by Gasteiger charge is -2.19. The minimum Gasteiger partial charge on any atom is -0.492 e. The number of para-hydroxylation sites is 1. The molecule has 2 aliphatic heterocycles. The minimum atomic E-state index is -0.121. The van der Waals surface area contributed by atoms with Crippen LogP contribution in [0.5, 0.6) is 5.75 Å². The molecule has 0 aliphatic carbocycles. The number of carbonyl (C=O) groups is 1. The highest BCUT2D eigenvalue weighted by Gasteiger charge is 2.31. The van der Waals surface area contributed by atoms with Crippen molar-refractivity contribution in [2.24, 2.45) is 0 Å². The number of rotatable bonds is 4. The van der Waals surface area contributed by atoms with Gasteiger partial charge in [-0.3, -0.25) is 4.79 Å². The van der Waals surface area contributed by atoms with Gasteiger partial charge in [0.1, 0.15) is 11.9 Å². The van der Waals surface area contributed by atoms with Crippen molar-refractivity contribution < 1.29 is 19.0 Å². The summed E-state index contributed by atoms with van der Waals surface area (Å²) in [6.07, 6.45) is 0.798. The van der Waals surface area contributed by atoms with E-state index in [1.165, 1.54) is 0 Å². The fraction of sp³-hybridized carbons (Fsp3) is 0.533. The standard InChI is InChI=1S/C15H19NO4/c1-2-19-13-9-18-8-12(13)16-15(17)11-5-3-4-10-6-7-20-14(10)11/h3-5,12-13H,2,6-9H2,1H3,(H,16,17)/t12-,13-/m0/s1. The lowest BCUT2D eigenvalue weighted by molar-refractivity contribution is 0.0402. The maximum absolute atomic E-state index is 12.4. The first-order chi connectivity index (χ1) is 9.79. The smallest absolute Gasteiger partial charge is 0.255 e. The van der Waals surface area contributed by atoms with Crippen LogP contribution in [-0.2, 0) is 15.9 Å². The van der Waals surface area contributed by atoms with E-state index in [4.69, 9.17) is 14.2 Å². The normalized spacial score (nSPS) is 24.2. The molecule has 2 aliphatic rings. The average molecular weight is 277 g/mol. The Kier molecular flexibility index (Phi) is 3.89. The Hall–Kier alpha value is -1.59. The van der Waals surface area contributed by atoms with Gasteiger partial charge in [0.2, 0.25) is 0 Å². The Morgan fingerprint density at radius 1 is 1.45 bits per heavy atom. The zero-order valence-electron chi connectivity index (χ0n) is 11.6. The number of nitrogens with one attached hydrogen (secondary N) is 1. The molecule has 0 aromatic heterocycles. The van der Waals surface area contributed by atoms with Gasteiger partial charge in [-0.25, -0.2) is 0 Å². The summed E-state index contributed by atoms with van der Waals surface area (Å²) < 4.78 is 16.5. The second-order valence-corrected chi connectivity index (χ2v) is 5.00. The van der Waals surface area contributed by atoms with E-state index in [-0.39, 0.29) is 18.1 Å². The van der Waals surface area contributed by atoms with Crippen LogP contribution in [0.15, 0.2) is 18.2 Å². The van der Waals surface area contributed by atoms with Crippen molar-refractivity contribution in [3.05, 3.63) is 29.3 Å². The van der Waals surface area contributed by atoms with Gasteiger partial charge in [-0.1, -0.05) is 12.1 Å². The maximum Gasteiger partial charge on any atom is 0.255 e. The zero-order chi connectivity index (χ0) is 13.9. The highest BCUT2D eigenvalue weighted by molar-refractivity contribution is 5.97. The third kappa shape index (κ3) is 2.51. The molecule has 1 fully saturated rings. The van der Waals surface area contributed by atoms with E-state index in [2.05, 4.69) is 5.32 Å². The maximum atomic E-state index is 12.4. The van der Waals surface area contributed by atoms with Crippen LogP contribution in [0.4, 0.5) is 0 Å². The van der Waals surface area contributed by atoms with Crippen LogP contribution in [0.3, 0.4) is 0 Å². The first kappa shape index (κ1) is 13.4. The van der Waals surface area contributed by atoms with Gasteiger partial charge >= 0.3 is 0 Å². The SMILES string of the molecule is CCO[C@H]1COC[C@@H]1NC(=O)c1cccc2c1OCC2. The van der Waals surface area contributed by atoms with Crippen LogP contribution in [-0.4, -0.2) is 44.5 Å². The second kappa shape index (κ2) is 5.81. The highest BCUT2D eigenvalue weighted by Crippen LogP contribution is 2.29. The average Bonchev–Trinajstić information content (AvgIpc) is 3.08. The number of ether oxygens (including phenoxy) is 3. The molecule has 1 aromatic rings. The summed E-state index contributed by atoms with van der Waals surface area (Å²) in [6, 6.07) is 5.60. The third-order valence-electron chi connectivity index (χ3n) is 3.68. The second-order valence-electron chi connectivity index (χ2n) is 5.00. The van der Waals surface area contributed by atoms with Crippen LogP contribution >= 0.6 is 0 Å². The van der Waals surface area contributed by atoms with Gasteiger partial charge < -0.3 is 19.5 Å². The molecule has 1 saturated heterocycles. The van der Waals surface area contributed by atoms with Gasteiger partial charge in [-0.15, -0.1) is 0 Å². The number of benzene rings is 1. The van der Waals surface area contributed by atoms with E-state index in [1.807, 2.05) is 19.1 Å². The number of fused-ring (bicyclic) bond motifs is 1. The molecule has 0 unspecified atom stereocenters. The van der Waals surface area contributed by atoms with Gasteiger partial charge in [0.25, 0.3) is 5.91 Å². The van der Waals surface area contributed by atoms with Crippen molar-refractivity contribution >= 4 is 5.91 Å². The topological polar surface area (TPSA) is 56.8 Å². The predicted molar refractivity (Wildman–Crippen MR) is 73.1 cm³/mol. The summed E-state index contributed by atoms with van der Waals surface area (Å²) in [4.78, 5) is 12.4. The Bertz CT molecular complexity index is 503. The zero-order valence-corrected chi connectivity index (χ0v) is 11.6. The molecule has 0 radical (unpaired) electrons. The van der Waals surface area contributed by atoms with Crippen LogP contribution in [0.2, 0.25) is 0 Å². The molecule has 0 bridgehead atoms. The lowest BCUT2D eigenvalue weighted by atomic mass is 10.1. The molecule has 1 amide bonds. The Balaban J connectivity index is 1.72. The van der Waals surface area contributed by atoms with Gasteiger partial charge in [-0.2, -0.15) is 0 Å². The van der Waals surface area contributed by atoms with Crippen LogP contribution in [0.1, 0.15) is 22.8 Å². The van der Waals surface area contributed by atoms with E-state index >= 15 is 0 Å². The van der Waals surface area contributed by atoms with Crippen molar-refractivity contribution in [2.75, 3.05) is 26.4 Å². The molecule has 3 rings (SSSR count). The van der Waals surface area contributed by atoms with Gasteiger partial charge in [-0.05, 0) is 18.6 Å². The molecular formula is C15H19NO4. The van der Waals surface area contributed by atoms with Crippen molar-refractivity contribution in [1.29, 1.82) is 0 Å².